The molecule has 5 heterocycles. The fraction of sp³-hybridized carbons (Fsp3) is 0.421. The number of halogens is 1. The van der Waals surface area contributed by atoms with Crippen molar-refractivity contribution >= 4 is 33.2 Å². The summed E-state index contributed by atoms with van der Waals surface area (Å²) in [4.78, 5) is 18.0. The van der Waals surface area contributed by atoms with Crippen molar-refractivity contribution in [3.8, 4) is 10.6 Å². The number of thiazole rings is 1. The van der Waals surface area contributed by atoms with Crippen LogP contribution in [0, 0.1) is 0 Å². The van der Waals surface area contributed by atoms with E-state index >= 15 is 0 Å². The molecule has 3 aromatic heterocycles. The molecule has 3 aromatic rings. The van der Waals surface area contributed by atoms with Crippen molar-refractivity contribution in [2.75, 3.05) is 49.2 Å². The minimum absolute atomic E-state index is 0.434. The molecule has 2 fully saturated rings. The number of nitrogens with zero attached hydrogens (tertiary/aromatic N) is 5. The molecule has 140 valence electrons. The molecule has 0 aromatic carbocycles. The van der Waals surface area contributed by atoms with Gasteiger partial charge in [-0.25, -0.2) is 19.3 Å². The zero-order valence-electron chi connectivity index (χ0n) is 14.8. The molecule has 8 heteroatoms. The van der Waals surface area contributed by atoms with Gasteiger partial charge in [0.05, 0.1) is 30.7 Å². The molecule has 0 spiro atoms. The Morgan fingerprint density at radius 1 is 1.04 bits per heavy atom. The lowest BCUT2D eigenvalue weighted by Crippen LogP contribution is -2.36. The first-order chi connectivity index (χ1) is 13.3. The summed E-state index contributed by atoms with van der Waals surface area (Å²) in [5, 5.41) is 0.926. The van der Waals surface area contributed by atoms with Crippen LogP contribution >= 0.6 is 11.3 Å². The van der Waals surface area contributed by atoms with E-state index in [1.165, 1.54) is 0 Å². The monoisotopic (exact) mass is 385 g/mol. The van der Waals surface area contributed by atoms with Crippen molar-refractivity contribution < 1.29 is 9.13 Å². The smallest absolute Gasteiger partial charge is 0.130 e. The van der Waals surface area contributed by atoms with Gasteiger partial charge in [0.15, 0.2) is 0 Å². The van der Waals surface area contributed by atoms with Gasteiger partial charge in [0.2, 0.25) is 0 Å². The van der Waals surface area contributed by atoms with Crippen LogP contribution in [-0.4, -0.2) is 60.5 Å². The number of anilines is 2. The van der Waals surface area contributed by atoms with E-state index in [-0.39, 0.29) is 0 Å². The predicted molar refractivity (Wildman–Crippen MR) is 105 cm³/mol. The van der Waals surface area contributed by atoms with E-state index < -0.39 is 6.17 Å². The number of rotatable bonds is 3. The number of ether oxygens (including phenoxy) is 1. The SMILES string of the molecule is FC1CCN(c2ccc(-c3nc4cnc(N5CCOCC5)cc4s3)cn2)C1. The standard InChI is InChI=1S/C19H20FN5OS/c20-14-3-4-25(12-14)17-2-1-13(10-21-17)19-23-15-11-22-18(9-16(15)27-19)24-5-7-26-8-6-24/h1-2,9-11,14H,3-8,12H2. The molecule has 0 saturated carbocycles. The van der Waals surface area contributed by atoms with Gasteiger partial charge in [-0.05, 0) is 18.6 Å². The maximum atomic E-state index is 13.4. The molecule has 0 amide bonds. The predicted octanol–water partition coefficient (Wildman–Crippen LogP) is 3.14. The second-order valence-corrected chi connectivity index (χ2v) is 7.90. The fourth-order valence-corrected chi connectivity index (χ4v) is 4.49. The average Bonchev–Trinajstić information content (AvgIpc) is 3.34. The highest BCUT2D eigenvalue weighted by Crippen LogP contribution is 2.32. The van der Waals surface area contributed by atoms with E-state index in [1.54, 1.807) is 11.3 Å². The van der Waals surface area contributed by atoms with Crippen molar-refractivity contribution in [1.82, 2.24) is 15.0 Å². The van der Waals surface area contributed by atoms with Gasteiger partial charge in [-0.2, -0.15) is 0 Å². The van der Waals surface area contributed by atoms with Crippen LogP contribution in [0.5, 0.6) is 0 Å². The lowest BCUT2D eigenvalue weighted by Gasteiger charge is -2.27. The zero-order valence-corrected chi connectivity index (χ0v) is 15.7. The van der Waals surface area contributed by atoms with Gasteiger partial charge in [0.25, 0.3) is 0 Å². The van der Waals surface area contributed by atoms with Gasteiger partial charge in [0.1, 0.15) is 28.3 Å². The summed E-state index contributed by atoms with van der Waals surface area (Å²) >= 11 is 1.64. The molecule has 1 unspecified atom stereocenters. The van der Waals surface area contributed by atoms with Crippen molar-refractivity contribution in [2.24, 2.45) is 0 Å². The normalized spacial score (nSPS) is 20.6. The third-order valence-electron chi connectivity index (χ3n) is 5.05. The molecule has 2 saturated heterocycles. The summed E-state index contributed by atoms with van der Waals surface area (Å²) in [7, 11) is 0. The quantitative estimate of drug-likeness (QED) is 0.690. The average molecular weight is 385 g/mol. The number of alkyl halides is 1. The van der Waals surface area contributed by atoms with Gasteiger partial charge < -0.3 is 14.5 Å². The zero-order chi connectivity index (χ0) is 18.2. The summed E-state index contributed by atoms with van der Waals surface area (Å²) in [5.41, 5.74) is 1.87. The molecule has 0 aliphatic carbocycles. The van der Waals surface area contributed by atoms with E-state index in [4.69, 9.17) is 9.72 Å². The number of pyridine rings is 2. The van der Waals surface area contributed by atoms with Crippen LogP contribution in [0.1, 0.15) is 6.42 Å². The topological polar surface area (TPSA) is 54.4 Å². The van der Waals surface area contributed by atoms with E-state index in [9.17, 15) is 4.39 Å². The Balaban J connectivity index is 1.39. The van der Waals surface area contributed by atoms with Crippen LogP contribution in [0.2, 0.25) is 0 Å². The highest BCUT2D eigenvalue weighted by Gasteiger charge is 2.22. The van der Waals surface area contributed by atoms with Crippen molar-refractivity contribution in [2.45, 2.75) is 12.6 Å². The van der Waals surface area contributed by atoms with E-state index in [1.807, 2.05) is 29.4 Å². The summed E-state index contributed by atoms with van der Waals surface area (Å²) in [5.74, 6) is 1.81. The maximum Gasteiger partial charge on any atom is 0.130 e. The molecule has 5 rings (SSSR count). The summed E-state index contributed by atoms with van der Waals surface area (Å²) in [6.07, 6.45) is 3.51. The Bertz CT molecular complexity index is 941. The van der Waals surface area contributed by atoms with Crippen molar-refractivity contribution in [1.29, 1.82) is 0 Å². The minimum Gasteiger partial charge on any atom is -0.378 e. The number of hydrogen-bond acceptors (Lipinski definition) is 7. The number of fused-ring (bicyclic) bond motifs is 1. The summed E-state index contributed by atoms with van der Waals surface area (Å²) < 4.78 is 19.9. The highest BCUT2D eigenvalue weighted by atomic mass is 32.1. The van der Waals surface area contributed by atoms with Gasteiger partial charge in [-0.1, -0.05) is 0 Å². The molecule has 6 nitrogen and oxygen atoms in total. The first-order valence-corrected chi connectivity index (χ1v) is 10.0. The number of aromatic nitrogens is 3. The van der Waals surface area contributed by atoms with Crippen LogP contribution in [0.25, 0.3) is 20.8 Å². The Kier molecular flexibility index (Phi) is 4.37. The second kappa shape index (κ2) is 7.01. The molecular weight excluding hydrogens is 365 g/mol. The van der Waals surface area contributed by atoms with Crippen molar-refractivity contribution in [3.63, 3.8) is 0 Å². The Labute approximate surface area is 160 Å². The molecule has 0 N–H and O–H groups in total. The van der Waals surface area contributed by atoms with Crippen molar-refractivity contribution in [3.05, 3.63) is 30.6 Å². The summed E-state index contributed by atoms with van der Waals surface area (Å²) in [6.45, 7) is 4.38. The van der Waals surface area contributed by atoms with Crippen LogP contribution < -0.4 is 9.80 Å². The van der Waals surface area contributed by atoms with Gasteiger partial charge in [-0.15, -0.1) is 11.3 Å². The number of morpholine rings is 1. The first-order valence-electron chi connectivity index (χ1n) is 9.21. The van der Waals surface area contributed by atoms with E-state index in [2.05, 4.69) is 20.9 Å². The molecule has 27 heavy (non-hydrogen) atoms. The highest BCUT2D eigenvalue weighted by molar-refractivity contribution is 7.21. The van der Waals surface area contributed by atoms with Crippen LogP contribution in [-0.2, 0) is 4.74 Å². The molecule has 1 atom stereocenters. The third kappa shape index (κ3) is 3.35. The molecular formula is C19H20FN5OS. The lowest BCUT2D eigenvalue weighted by molar-refractivity contribution is 0.122. The van der Waals surface area contributed by atoms with E-state index in [0.29, 0.717) is 13.0 Å². The molecule has 0 radical (unpaired) electrons. The van der Waals surface area contributed by atoms with Crippen LogP contribution in [0.3, 0.4) is 0 Å². The Morgan fingerprint density at radius 2 is 1.89 bits per heavy atom. The maximum absolute atomic E-state index is 13.4. The van der Waals surface area contributed by atoms with Gasteiger partial charge >= 0.3 is 0 Å². The lowest BCUT2D eigenvalue weighted by atomic mass is 10.3. The van der Waals surface area contributed by atoms with Gasteiger partial charge in [-0.3, -0.25) is 0 Å². The molecule has 0 bridgehead atoms. The minimum atomic E-state index is -0.746. The fourth-order valence-electron chi connectivity index (χ4n) is 3.54. The summed E-state index contributed by atoms with van der Waals surface area (Å²) in [6, 6.07) is 6.08. The first kappa shape index (κ1) is 16.8. The largest absolute Gasteiger partial charge is 0.378 e. The van der Waals surface area contributed by atoms with Gasteiger partial charge in [0, 0.05) is 37.5 Å². The third-order valence-corrected chi connectivity index (χ3v) is 6.11. The van der Waals surface area contributed by atoms with Crippen LogP contribution in [0.15, 0.2) is 30.6 Å². The Morgan fingerprint density at radius 3 is 2.63 bits per heavy atom. The Hall–Kier alpha value is -2.32. The van der Waals surface area contributed by atoms with E-state index in [0.717, 1.165) is 65.3 Å². The van der Waals surface area contributed by atoms with Crippen LogP contribution in [0.4, 0.5) is 16.0 Å². The second-order valence-electron chi connectivity index (χ2n) is 6.87. The molecule has 2 aliphatic rings. The number of hydrogen-bond donors (Lipinski definition) is 0. The molecule has 2 aliphatic heterocycles.